The van der Waals surface area contributed by atoms with E-state index in [2.05, 4.69) is 25.8 Å². The Morgan fingerprint density at radius 2 is 2.20 bits per heavy atom. The van der Waals surface area contributed by atoms with Crippen LogP contribution >= 0.6 is 15.9 Å². The van der Waals surface area contributed by atoms with Crippen molar-refractivity contribution in [2.75, 3.05) is 7.11 Å². The zero-order chi connectivity index (χ0) is 14.9. The fourth-order valence-corrected chi connectivity index (χ4v) is 2.25. The van der Waals surface area contributed by atoms with E-state index in [1.165, 1.54) is 7.11 Å². The molecule has 0 saturated carbocycles. The fourth-order valence-electron chi connectivity index (χ4n) is 1.89. The van der Waals surface area contributed by atoms with Gasteiger partial charge in [-0.25, -0.2) is 4.68 Å². The highest BCUT2D eigenvalue weighted by Gasteiger charge is 2.16. The van der Waals surface area contributed by atoms with Crippen molar-refractivity contribution in [1.82, 2.24) is 9.78 Å². The number of rotatable bonds is 3. The lowest BCUT2D eigenvalue weighted by atomic mass is 10.1. The first kappa shape index (κ1) is 14.7. The van der Waals surface area contributed by atoms with Gasteiger partial charge in [-0.15, -0.1) is 0 Å². The van der Waals surface area contributed by atoms with Crippen LogP contribution in [0, 0.1) is 0 Å². The van der Waals surface area contributed by atoms with E-state index in [-0.39, 0.29) is 6.54 Å². The summed E-state index contributed by atoms with van der Waals surface area (Å²) in [5.41, 5.74) is -0.0629. The van der Waals surface area contributed by atoms with E-state index < -0.39 is 17.6 Å². The molecule has 7 heteroatoms. The Bertz CT molecular complexity index is 724. The summed E-state index contributed by atoms with van der Waals surface area (Å²) in [4.78, 5) is 23.6. The van der Waals surface area contributed by atoms with Crippen LogP contribution < -0.4 is 5.56 Å². The van der Waals surface area contributed by atoms with Gasteiger partial charge >= 0.3 is 5.97 Å². The number of aromatic nitrogens is 2. The van der Waals surface area contributed by atoms with E-state index in [9.17, 15) is 14.7 Å². The molecule has 0 aliphatic rings. The number of nitrogens with zero attached hydrogens (tertiary/aromatic N) is 2. The molecule has 1 atom stereocenters. The monoisotopic (exact) mass is 340 g/mol. The molecule has 0 radical (unpaired) electrons. The van der Waals surface area contributed by atoms with Crippen LogP contribution in [0.2, 0.25) is 0 Å². The second-order valence-electron chi connectivity index (χ2n) is 4.29. The fraction of sp³-hybridized carbons (Fsp3) is 0.308. The van der Waals surface area contributed by atoms with Crippen molar-refractivity contribution in [2.24, 2.45) is 0 Å². The Labute approximate surface area is 123 Å². The average molecular weight is 341 g/mol. The van der Waals surface area contributed by atoms with Gasteiger partial charge in [-0.1, -0.05) is 15.9 Å². The molecule has 1 heterocycles. The number of methoxy groups -OCH3 is 1. The molecule has 2 rings (SSSR count). The number of ether oxygens (including phenoxy) is 1. The Morgan fingerprint density at radius 3 is 2.80 bits per heavy atom. The molecule has 1 aromatic carbocycles. The molecule has 2 aromatic rings. The zero-order valence-electron chi connectivity index (χ0n) is 11.0. The van der Waals surface area contributed by atoms with Crippen LogP contribution in [0.4, 0.5) is 0 Å². The Hall–Kier alpha value is -1.73. The number of hydrogen-bond donors (Lipinski definition) is 1. The smallest absolute Gasteiger partial charge is 0.327 e. The largest absolute Gasteiger partial charge is 0.468 e. The molecule has 0 fully saturated rings. The molecule has 0 amide bonds. The van der Waals surface area contributed by atoms with Gasteiger partial charge in [0.1, 0.15) is 6.54 Å². The van der Waals surface area contributed by atoms with Crippen molar-refractivity contribution >= 4 is 32.7 Å². The molecular weight excluding hydrogens is 328 g/mol. The van der Waals surface area contributed by atoms with E-state index in [1.807, 2.05) is 0 Å². The molecular formula is C13H13BrN2O4. The van der Waals surface area contributed by atoms with Crippen molar-refractivity contribution in [3.05, 3.63) is 38.7 Å². The van der Waals surface area contributed by atoms with E-state index in [0.717, 1.165) is 9.15 Å². The molecule has 1 N–H and O–H groups in total. The van der Waals surface area contributed by atoms with E-state index in [4.69, 9.17) is 0 Å². The number of aliphatic hydroxyl groups is 1. The standard InChI is InChI=1S/C13H13BrN2O4/c1-7(17)12-10-5-8(14)3-4-9(10)13(19)16(15-12)6-11(18)20-2/h3-5,7,17H,6H2,1-2H3. The maximum Gasteiger partial charge on any atom is 0.327 e. The Morgan fingerprint density at radius 1 is 1.50 bits per heavy atom. The third-order valence-corrected chi connectivity index (χ3v) is 3.35. The number of carbonyl (C=O) groups excluding carboxylic acids is 1. The molecule has 20 heavy (non-hydrogen) atoms. The summed E-state index contributed by atoms with van der Waals surface area (Å²) >= 11 is 3.32. The molecule has 0 aliphatic carbocycles. The second-order valence-corrected chi connectivity index (χ2v) is 5.21. The molecule has 0 bridgehead atoms. The summed E-state index contributed by atoms with van der Waals surface area (Å²) in [6, 6.07) is 5.06. The van der Waals surface area contributed by atoms with Gasteiger partial charge in [0.25, 0.3) is 5.56 Å². The van der Waals surface area contributed by atoms with Gasteiger partial charge < -0.3 is 9.84 Å². The second kappa shape index (κ2) is 5.72. The van der Waals surface area contributed by atoms with E-state index in [1.54, 1.807) is 25.1 Å². The van der Waals surface area contributed by atoms with E-state index >= 15 is 0 Å². The molecule has 0 aliphatic heterocycles. The van der Waals surface area contributed by atoms with Gasteiger partial charge in [0.2, 0.25) is 0 Å². The summed E-state index contributed by atoms with van der Waals surface area (Å²) in [6.45, 7) is 1.26. The molecule has 0 spiro atoms. The van der Waals surface area contributed by atoms with Crippen LogP contribution in [0.15, 0.2) is 27.5 Å². The molecule has 1 unspecified atom stereocenters. The van der Waals surface area contributed by atoms with Gasteiger partial charge in [-0.3, -0.25) is 9.59 Å². The third kappa shape index (κ3) is 2.73. The summed E-state index contributed by atoms with van der Waals surface area (Å²) in [5.74, 6) is -0.576. The minimum atomic E-state index is -0.865. The van der Waals surface area contributed by atoms with Crippen LogP contribution in [0.5, 0.6) is 0 Å². The normalized spacial score (nSPS) is 12.4. The summed E-state index contributed by atoms with van der Waals surface area (Å²) in [7, 11) is 1.24. The number of hydrogen-bond acceptors (Lipinski definition) is 5. The first-order valence-corrected chi connectivity index (χ1v) is 6.68. The summed E-state index contributed by atoms with van der Waals surface area (Å²) in [5, 5.41) is 14.8. The molecule has 6 nitrogen and oxygen atoms in total. The number of halogens is 1. The molecule has 106 valence electrons. The van der Waals surface area contributed by atoms with Gasteiger partial charge in [-0.2, -0.15) is 5.10 Å². The quantitative estimate of drug-likeness (QED) is 0.853. The van der Waals surface area contributed by atoms with Crippen molar-refractivity contribution in [2.45, 2.75) is 19.6 Å². The number of esters is 1. The van der Waals surface area contributed by atoms with Crippen LogP contribution in [0.25, 0.3) is 10.8 Å². The van der Waals surface area contributed by atoms with Crippen LogP contribution in [-0.2, 0) is 16.1 Å². The number of benzene rings is 1. The minimum absolute atomic E-state index is 0.291. The van der Waals surface area contributed by atoms with Gasteiger partial charge in [0.05, 0.1) is 24.3 Å². The van der Waals surface area contributed by atoms with Crippen molar-refractivity contribution in [1.29, 1.82) is 0 Å². The van der Waals surface area contributed by atoms with Crippen molar-refractivity contribution in [3.8, 4) is 0 Å². The lowest BCUT2D eigenvalue weighted by molar-refractivity contribution is -0.141. The highest BCUT2D eigenvalue weighted by Crippen LogP contribution is 2.23. The van der Waals surface area contributed by atoms with Crippen molar-refractivity contribution < 1.29 is 14.6 Å². The lowest BCUT2D eigenvalue weighted by Crippen LogP contribution is -2.29. The first-order chi connectivity index (χ1) is 9.43. The van der Waals surface area contributed by atoms with E-state index in [0.29, 0.717) is 16.5 Å². The minimum Gasteiger partial charge on any atom is -0.468 e. The average Bonchev–Trinajstić information content (AvgIpc) is 2.41. The Balaban J connectivity index is 2.73. The van der Waals surface area contributed by atoms with Crippen molar-refractivity contribution in [3.63, 3.8) is 0 Å². The van der Waals surface area contributed by atoms with Gasteiger partial charge in [0.15, 0.2) is 0 Å². The number of carbonyl (C=O) groups is 1. The van der Waals surface area contributed by atoms with Gasteiger partial charge in [0, 0.05) is 9.86 Å². The molecule has 1 aromatic heterocycles. The summed E-state index contributed by atoms with van der Waals surface area (Å²) < 4.78 is 6.31. The van der Waals surface area contributed by atoms with Crippen LogP contribution in [0.1, 0.15) is 18.7 Å². The van der Waals surface area contributed by atoms with Crippen LogP contribution in [-0.4, -0.2) is 28.0 Å². The maximum atomic E-state index is 12.3. The summed E-state index contributed by atoms with van der Waals surface area (Å²) in [6.07, 6.45) is -0.865. The zero-order valence-corrected chi connectivity index (χ0v) is 12.5. The molecule has 0 saturated heterocycles. The number of aliphatic hydroxyl groups excluding tert-OH is 1. The highest BCUT2D eigenvalue weighted by molar-refractivity contribution is 9.10. The third-order valence-electron chi connectivity index (χ3n) is 2.85. The Kier molecular flexibility index (Phi) is 4.20. The predicted octanol–water partition coefficient (Wildman–Crippen LogP) is 1.39. The van der Waals surface area contributed by atoms with Crippen LogP contribution in [0.3, 0.4) is 0 Å². The lowest BCUT2D eigenvalue weighted by Gasteiger charge is -2.12. The maximum absolute atomic E-state index is 12.3. The topological polar surface area (TPSA) is 81.4 Å². The van der Waals surface area contributed by atoms with Gasteiger partial charge in [-0.05, 0) is 25.1 Å². The first-order valence-electron chi connectivity index (χ1n) is 5.89. The highest BCUT2D eigenvalue weighted by atomic mass is 79.9. The SMILES string of the molecule is COC(=O)Cn1nc(C(C)O)c2cc(Br)ccc2c1=O. The number of fused-ring (bicyclic) bond motifs is 1. The predicted molar refractivity (Wildman–Crippen MR) is 76.4 cm³/mol.